The van der Waals surface area contributed by atoms with E-state index in [4.69, 9.17) is 32.7 Å². The number of alkyl halides is 2. The van der Waals surface area contributed by atoms with Gasteiger partial charge in [-0.05, 0) is 12.8 Å². The Kier molecular flexibility index (Phi) is 6.85. The van der Waals surface area contributed by atoms with E-state index in [1.165, 1.54) is 4.90 Å². The molecule has 0 aromatic rings. The molecule has 5 nitrogen and oxygen atoms in total. The summed E-state index contributed by atoms with van der Waals surface area (Å²) in [4.78, 5) is 15.5. The summed E-state index contributed by atoms with van der Waals surface area (Å²) in [7, 11) is 3.26. The van der Waals surface area contributed by atoms with Crippen LogP contribution in [0.25, 0.3) is 0 Å². The smallest absolute Gasteiger partial charge is 0.322 e. The molecule has 1 fully saturated rings. The molecule has 20 heavy (non-hydrogen) atoms. The molecule has 0 aliphatic carbocycles. The maximum Gasteiger partial charge on any atom is 0.322 e. The average molecular weight is 327 g/mol. The normalized spacial score (nSPS) is 21.4. The highest BCUT2D eigenvalue weighted by Gasteiger charge is 2.48. The lowest BCUT2D eigenvalue weighted by atomic mass is 10.2. The largest absolute Gasteiger partial charge is 0.380 e. The summed E-state index contributed by atoms with van der Waals surface area (Å²) in [5.74, 6) is 0. The number of halogens is 2. The van der Waals surface area contributed by atoms with Crippen LogP contribution in [0.2, 0.25) is 0 Å². The van der Waals surface area contributed by atoms with E-state index in [2.05, 4.69) is 0 Å². The summed E-state index contributed by atoms with van der Waals surface area (Å²) in [5, 5.41) is 0. The summed E-state index contributed by atoms with van der Waals surface area (Å²) in [6, 6.07) is -0.166. The molecule has 0 aromatic carbocycles. The van der Waals surface area contributed by atoms with Gasteiger partial charge in [0.2, 0.25) is 4.46 Å². The molecule has 0 radical (unpaired) electrons. The van der Waals surface area contributed by atoms with Crippen molar-refractivity contribution in [2.24, 2.45) is 0 Å². The van der Waals surface area contributed by atoms with E-state index in [1.54, 1.807) is 19.1 Å². The highest BCUT2D eigenvalue weighted by molar-refractivity contribution is 6.49. The Hall–Kier alpha value is -0.230. The fourth-order valence-corrected chi connectivity index (χ4v) is 2.81. The number of carbonyl (C=O) groups excluding carboxylic acids is 1. The van der Waals surface area contributed by atoms with Crippen LogP contribution in [-0.4, -0.2) is 66.4 Å². The minimum Gasteiger partial charge on any atom is -0.380 e. The fraction of sp³-hybridized carbons (Fsp3) is 0.923. The van der Waals surface area contributed by atoms with Gasteiger partial charge in [0.1, 0.15) is 0 Å². The van der Waals surface area contributed by atoms with Crippen LogP contribution < -0.4 is 0 Å². The van der Waals surface area contributed by atoms with E-state index >= 15 is 0 Å². The van der Waals surface area contributed by atoms with Gasteiger partial charge < -0.3 is 14.4 Å². The summed E-state index contributed by atoms with van der Waals surface area (Å²) >= 11 is 12.6. The van der Waals surface area contributed by atoms with Crippen LogP contribution in [0.4, 0.5) is 4.79 Å². The lowest BCUT2D eigenvalue weighted by molar-refractivity contribution is 0.0642. The molecule has 1 aliphatic heterocycles. The van der Waals surface area contributed by atoms with Crippen LogP contribution in [0.3, 0.4) is 0 Å². The minimum absolute atomic E-state index is 0.00701. The van der Waals surface area contributed by atoms with Crippen molar-refractivity contribution in [3.05, 3.63) is 0 Å². The predicted molar refractivity (Wildman–Crippen MR) is 80.3 cm³/mol. The molecule has 7 heteroatoms. The second-order valence-corrected chi connectivity index (χ2v) is 6.42. The molecule has 2 unspecified atom stereocenters. The number of methoxy groups -OCH3 is 2. The lowest BCUT2D eigenvalue weighted by Crippen LogP contribution is -2.43. The third-order valence-corrected chi connectivity index (χ3v) is 4.31. The zero-order valence-electron chi connectivity index (χ0n) is 12.6. The maximum absolute atomic E-state index is 12.4. The molecule has 1 rings (SSSR count). The first-order chi connectivity index (χ1) is 9.39. The van der Waals surface area contributed by atoms with Gasteiger partial charge in [-0.1, -0.05) is 37.0 Å². The van der Waals surface area contributed by atoms with Gasteiger partial charge in [-0.15, -0.1) is 0 Å². The Balaban J connectivity index is 2.74. The molecule has 2 atom stereocenters. The Morgan fingerprint density at radius 3 is 2.10 bits per heavy atom. The van der Waals surface area contributed by atoms with Crippen LogP contribution in [0.15, 0.2) is 0 Å². The van der Waals surface area contributed by atoms with Gasteiger partial charge in [-0.2, -0.15) is 0 Å². The number of carbonyl (C=O) groups is 1. The van der Waals surface area contributed by atoms with E-state index in [9.17, 15) is 4.79 Å². The van der Waals surface area contributed by atoms with Gasteiger partial charge in [0.15, 0.2) is 0 Å². The molecule has 1 aliphatic rings. The molecule has 0 spiro atoms. The van der Waals surface area contributed by atoms with Gasteiger partial charge >= 0.3 is 6.03 Å². The third kappa shape index (κ3) is 4.13. The molecule has 1 saturated heterocycles. The Labute approximate surface area is 131 Å². The van der Waals surface area contributed by atoms with Crippen molar-refractivity contribution >= 4 is 29.2 Å². The molecular formula is C13H24Cl2N2O3. The first-order valence-corrected chi connectivity index (χ1v) is 7.65. The SMILES string of the molecule is CCC(CN1CC(Cl)(Cl)N(CC(CC)OC)C1=O)OC. The van der Waals surface area contributed by atoms with E-state index in [-0.39, 0.29) is 24.8 Å². The van der Waals surface area contributed by atoms with Gasteiger partial charge in [0, 0.05) is 20.8 Å². The predicted octanol–water partition coefficient (Wildman–Crippen LogP) is 2.71. The van der Waals surface area contributed by atoms with E-state index < -0.39 is 4.46 Å². The van der Waals surface area contributed by atoms with Crippen molar-refractivity contribution in [2.75, 3.05) is 33.9 Å². The summed E-state index contributed by atoms with van der Waals surface area (Å²) in [6.45, 7) is 5.16. The lowest BCUT2D eigenvalue weighted by Gasteiger charge is -2.28. The molecule has 0 bridgehead atoms. The molecule has 1 heterocycles. The first kappa shape index (κ1) is 17.8. The zero-order valence-corrected chi connectivity index (χ0v) is 14.1. The van der Waals surface area contributed by atoms with Gasteiger partial charge in [0.25, 0.3) is 0 Å². The number of amides is 2. The topological polar surface area (TPSA) is 42.0 Å². The summed E-state index contributed by atoms with van der Waals surface area (Å²) in [5.41, 5.74) is 0. The van der Waals surface area contributed by atoms with Crippen molar-refractivity contribution in [1.82, 2.24) is 9.80 Å². The number of rotatable bonds is 8. The number of nitrogens with zero attached hydrogens (tertiary/aromatic N) is 2. The molecule has 0 saturated carbocycles. The third-order valence-electron chi connectivity index (χ3n) is 3.66. The van der Waals surface area contributed by atoms with Crippen molar-refractivity contribution in [3.63, 3.8) is 0 Å². The Bertz CT molecular complexity index is 321. The van der Waals surface area contributed by atoms with Crippen molar-refractivity contribution in [3.8, 4) is 0 Å². The van der Waals surface area contributed by atoms with Gasteiger partial charge in [0.05, 0.1) is 25.3 Å². The van der Waals surface area contributed by atoms with Crippen molar-refractivity contribution in [2.45, 2.75) is 43.4 Å². The van der Waals surface area contributed by atoms with Gasteiger partial charge in [-0.3, -0.25) is 4.90 Å². The first-order valence-electron chi connectivity index (χ1n) is 6.89. The second kappa shape index (κ2) is 7.69. The van der Waals surface area contributed by atoms with Crippen molar-refractivity contribution in [1.29, 1.82) is 0 Å². The maximum atomic E-state index is 12.4. The molecular weight excluding hydrogens is 303 g/mol. The molecule has 0 N–H and O–H groups in total. The molecule has 0 aromatic heterocycles. The monoisotopic (exact) mass is 326 g/mol. The fourth-order valence-electron chi connectivity index (χ4n) is 2.24. The second-order valence-electron chi connectivity index (χ2n) is 4.97. The molecule has 118 valence electrons. The number of ether oxygens (including phenoxy) is 2. The van der Waals surface area contributed by atoms with E-state index in [1.807, 2.05) is 13.8 Å². The number of hydrogen-bond donors (Lipinski definition) is 0. The van der Waals surface area contributed by atoms with Crippen LogP contribution in [0.5, 0.6) is 0 Å². The Morgan fingerprint density at radius 2 is 1.65 bits per heavy atom. The molecule has 2 amide bonds. The number of hydrogen-bond acceptors (Lipinski definition) is 3. The van der Waals surface area contributed by atoms with Crippen LogP contribution in [0, 0.1) is 0 Å². The van der Waals surface area contributed by atoms with Crippen LogP contribution in [-0.2, 0) is 9.47 Å². The van der Waals surface area contributed by atoms with E-state index in [0.717, 1.165) is 12.8 Å². The minimum atomic E-state index is -1.21. The quantitative estimate of drug-likeness (QED) is 0.508. The standard InChI is InChI=1S/C13H24Cl2N2O3/c1-5-10(19-3)7-16-9-13(14,15)17(12(16)18)8-11(6-2)20-4/h10-11H,5-9H2,1-4H3. The summed E-state index contributed by atoms with van der Waals surface area (Å²) in [6.07, 6.45) is 1.54. The Morgan fingerprint density at radius 1 is 1.15 bits per heavy atom. The van der Waals surface area contributed by atoms with Gasteiger partial charge in [-0.25, -0.2) is 4.79 Å². The average Bonchev–Trinajstić information content (AvgIpc) is 2.63. The summed E-state index contributed by atoms with van der Waals surface area (Å²) < 4.78 is 9.41. The van der Waals surface area contributed by atoms with Crippen LogP contribution >= 0.6 is 23.2 Å². The van der Waals surface area contributed by atoms with E-state index in [0.29, 0.717) is 13.1 Å². The number of urea groups is 1. The zero-order chi connectivity index (χ0) is 15.3. The van der Waals surface area contributed by atoms with Crippen LogP contribution in [0.1, 0.15) is 26.7 Å². The highest BCUT2D eigenvalue weighted by atomic mass is 35.5. The highest BCUT2D eigenvalue weighted by Crippen LogP contribution is 2.35. The van der Waals surface area contributed by atoms with Crippen molar-refractivity contribution < 1.29 is 14.3 Å².